The van der Waals surface area contributed by atoms with Crippen LogP contribution < -0.4 is 0 Å². The van der Waals surface area contributed by atoms with Crippen molar-refractivity contribution >= 4 is 6.08 Å². The molecule has 0 heterocycles. The molecule has 2 fully saturated rings. The lowest BCUT2D eigenvalue weighted by atomic mass is 9.57. The molecule has 0 aromatic heterocycles. The van der Waals surface area contributed by atoms with Gasteiger partial charge >= 0.3 is 0 Å². The topological polar surface area (TPSA) is 40.5 Å². The second kappa shape index (κ2) is 4.11. The molecule has 4 rings (SSSR count). The lowest BCUT2D eigenvalue weighted by molar-refractivity contribution is -0.00797. The summed E-state index contributed by atoms with van der Waals surface area (Å²) in [4.78, 5) is 0. The third-order valence-corrected chi connectivity index (χ3v) is 6.25. The minimum atomic E-state index is -0.122. The van der Waals surface area contributed by atoms with Crippen molar-refractivity contribution in [2.45, 2.75) is 44.6 Å². The van der Waals surface area contributed by atoms with Gasteiger partial charge in [0.1, 0.15) is 5.75 Å². The van der Waals surface area contributed by atoms with E-state index in [4.69, 9.17) is 0 Å². The quantitative estimate of drug-likeness (QED) is 0.755. The number of rotatable bonds is 0. The molecule has 106 valence electrons. The third kappa shape index (κ3) is 1.54. The van der Waals surface area contributed by atoms with Crippen molar-refractivity contribution in [3.05, 3.63) is 35.4 Å². The summed E-state index contributed by atoms with van der Waals surface area (Å²) in [6, 6.07) is 5.78. The SMILES string of the molecule is C[C@]12CCC3c4ccc(O)cc4C=CC3C1CCC2O. The number of fused-ring (bicyclic) bond motifs is 5. The van der Waals surface area contributed by atoms with Crippen LogP contribution in [0.3, 0.4) is 0 Å². The highest BCUT2D eigenvalue weighted by molar-refractivity contribution is 5.60. The molecule has 5 atom stereocenters. The van der Waals surface area contributed by atoms with E-state index in [-0.39, 0.29) is 11.5 Å². The number of hydrogen-bond acceptors (Lipinski definition) is 2. The Bertz CT molecular complexity index is 577. The van der Waals surface area contributed by atoms with Crippen molar-refractivity contribution in [2.24, 2.45) is 17.3 Å². The Labute approximate surface area is 120 Å². The molecule has 2 N–H and O–H groups in total. The lowest BCUT2D eigenvalue weighted by Crippen LogP contribution is -2.42. The van der Waals surface area contributed by atoms with Crippen LogP contribution in [0.5, 0.6) is 5.75 Å². The fraction of sp³-hybridized carbons (Fsp3) is 0.556. The van der Waals surface area contributed by atoms with Crippen molar-refractivity contribution in [2.75, 3.05) is 0 Å². The Hall–Kier alpha value is -1.28. The summed E-state index contributed by atoms with van der Waals surface area (Å²) in [7, 11) is 0. The Morgan fingerprint density at radius 2 is 2.05 bits per heavy atom. The van der Waals surface area contributed by atoms with Crippen LogP contribution in [0.25, 0.3) is 6.08 Å². The molecular weight excluding hydrogens is 248 g/mol. The van der Waals surface area contributed by atoms with Gasteiger partial charge in [0.15, 0.2) is 0 Å². The van der Waals surface area contributed by atoms with Gasteiger partial charge in [0, 0.05) is 0 Å². The zero-order valence-corrected chi connectivity index (χ0v) is 11.9. The van der Waals surface area contributed by atoms with Gasteiger partial charge in [-0.25, -0.2) is 0 Å². The van der Waals surface area contributed by atoms with Gasteiger partial charge in [-0.15, -0.1) is 0 Å². The molecule has 0 radical (unpaired) electrons. The number of phenols is 1. The highest BCUT2D eigenvalue weighted by Crippen LogP contribution is 2.60. The third-order valence-electron chi connectivity index (χ3n) is 6.25. The summed E-state index contributed by atoms with van der Waals surface area (Å²) in [5, 5.41) is 20.0. The molecular formula is C18H22O2. The molecule has 2 saturated carbocycles. The van der Waals surface area contributed by atoms with Crippen molar-refractivity contribution in [3.8, 4) is 5.75 Å². The van der Waals surface area contributed by atoms with Crippen LogP contribution in [0.15, 0.2) is 24.3 Å². The maximum atomic E-state index is 10.3. The van der Waals surface area contributed by atoms with Crippen LogP contribution in [0, 0.1) is 17.3 Å². The molecule has 2 nitrogen and oxygen atoms in total. The standard InChI is InChI=1S/C18H22O2/c1-18-9-8-14-13-5-3-12(19)10-11(13)2-4-15(14)16(18)6-7-17(18)20/h2-5,10,14-17,19-20H,6-9H2,1H3/t14?,15?,16?,17?,18-/m0/s1. The molecule has 20 heavy (non-hydrogen) atoms. The van der Waals surface area contributed by atoms with E-state index >= 15 is 0 Å². The number of allylic oxidation sites excluding steroid dienone is 1. The van der Waals surface area contributed by atoms with Gasteiger partial charge in [-0.05, 0) is 72.1 Å². The summed E-state index contributed by atoms with van der Waals surface area (Å²) in [5.41, 5.74) is 2.67. The molecule has 3 aliphatic rings. The van der Waals surface area contributed by atoms with E-state index in [1.165, 1.54) is 11.1 Å². The van der Waals surface area contributed by atoms with Gasteiger partial charge in [-0.3, -0.25) is 0 Å². The average Bonchev–Trinajstić information content (AvgIpc) is 2.74. The fourth-order valence-electron chi connectivity index (χ4n) is 5.06. The summed E-state index contributed by atoms with van der Waals surface area (Å²) in [5.74, 6) is 2.08. The van der Waals surface area contributed by atoms with Crippen molar-refractivity contribution < 1.29 is 10.2 Å². The highest BCUT2D eigenvalue weighted by atomic mass is 16.3. The van der Waals surface area contributed by atoms with Gasteiger partial charge < -0.3 is 10.2 Å². The maximum Gasteiger partial charge on any atom is 0.116 e. The zero-order chi connectivity index (χ0) is 13.9. The normalized spacial score (nSPS) is 41.9. The first-order chi connectivity index (χ1) is 9.59. The molecule has 3 aliphatic carbocycles. The summed E-state index contributed by atoms with van der Waals surface area (Å²) in [6.07, 6.45) is 8.77. The average molecular weight is 270 g/mol. The summed E-state index contributed by atoms with van der Waals surface area (Å²) < 4.78 is 0. The van der Waals surface area contributed by atoms with Crippen molar-refractivity contribution in [1.82, 2.24) is 0 Å². The predicted molar refractivity (Wildman–Crippen MR) is 79.4 cm³/mol. The molecule has 0 spiro atoms. The zero-order valence-electron chi connectivity index (χ0n) is 11.9. The monoisotopic (exact) mass is 270 g/mol. The van der Waals surface area contributed by atoms with Gasteiger partial charge in [-0.2, -0.15) is 0 Å². The first-order valence-corrected chi connectivity index (χ1v) is 7.79. The van der Waals surface area contributed by atoms with Gasteiger partial charge in [0.25, 0.3) is 0 Å². The van der Waals surface area contributed by atoms with Gasteiger partial charge in [0.2, 0.25) is 0 Å². The Kier molecular flexibility index (Phi) is 2.56. The van der Waals surface area contributed by atoms with Crippen molar-refractivity contribution in [3.63, 3.8) is 0 Å². The first-order valence-electron chi connectivity index (χ1n) is 7.79. The number of hydrogen-bond donors (Lipinski definition) is 2. The molecule has 0 saturated heterocycles. The van der Waals surface area contributed by atoms with Crippen molar-refractivity contribution in [1.29, 1.82) is 0 Å². The Balaban J connectivity index is 1.75. The van der Waals surface area contributed by atoms with E-state index in [2.05, 4.69) is 25.1 Å². The highest BCUT2D eigenvalue weighted by Gasteiger charge is 2.53. The number of aliphatic hydroxyl groups excluding tert-OH is 1. The van der Waals surface area contributed by atoms with Gasteiger partial charge in [-0.1, -0.05) is 25.1 Å². The van der Waals surface area contributed by atoms with Crippen LogP contribution >= 0.6 is 0 Å². The number of aliphatic hydroxyl groups is 1. The van der Waals surface area contributed by atoms with Crippen LogP contribution in [-0.4, -0.2) is 16.3 Å². The first kappa shape index (κ1) is 12.5. The largest absolute Gasteiger partial charge is 0.508 e. The molecule has 0 amide bonds. The van der Waals surface area contributed by atoms with E-state index in [1.807, 2.05) is 12.1 Å². The van der Waals surface area contributed by atoms with Gasteiger partial charge in [0.05, 0.1) is 6.10 Å². The Morgan fingerprint density at radius 1 is 1.20 bits per heavy atom. The smallest absolute Gasteiger partial charge is 0.116 e. The number of benzene rings is 1. The van der Waals surface area contributed by atoms with E-state index < -0.39 is 0 Å². The minimum absolute atomic E-state index is 0.111. The van der Waals surface area contributed by atoms with Crippen LogP contribution in [0.4, 0.5) is 0 Å². The molecule has 1 aromatic rings. The van der Waals surface area contributed by atoms with E-state index in [0.29, 0.717) is 23.5 Å². The number of aromatic hydroxyl groups is 1. The molecule has 0 bridgehead atoms. The molecule has 2 heteroatoms. The van der Waals surface area contributed by atoms with E-state index in [0.717, 1.165) is 25.7 Å². The fourth-order valence-corrected chi connectivity index (χ4v) is 5.06. The predicted octanol–water partition coefficient (Wildman–Crippen LogP) is 3.69. The summed E-state index contributed by atoms with van der Waals surface area (Å²) in [6.45, 7) is 2.28. The van der Waals surface area contributed by atoms with Crippen LogP contribution in [0.1, 0.15) is 49.7 Å². The molecule has 1 aromatic carbocycles. The van der Waals surface area contributed by atoms with E-state index in [1.54, 1.807) is 0 Å². The number of phenolic OH excluding ortho intramolecular Hbond substituents is 1. The lowest BCUT2D eigenvalue weighted by Gasteiger charge is -2.48. The molecule has 4 unspecified atom stereocenters. The maximum absolute atomic E-state index is 10.3. The van der Waals surface area contributed by atoms with E-state index in [9.17, 15) is 10.2 Å². The molecule has 0 aliphatic heterocycles. The van der Waals surface area contributed by atoms with Crippen LogP contribution in [0.2, 0.25) is 0 Å². The second-order valence-corrected chi connectivity index (χ2v) is 7.10. The summed E-state index contributed by atoms with van der Waals surface area (Å²) >= 11 is 0. The Morgan fingerprint density at radius 3 is 2.90 bits per heavy atom. The van der Waals surface area contributed by atoms with Crippen LogP contribution in [-0.2, 0) is 0 Å². The minimum Gasteiger partial charge on any atom is -0.508 e. The second-order valence-electron chi connectivity index (χ2n) is 7.10.